The lowest BCUT2D eigenvalue weighted by molar-refractivity contribution is 0.441. The number of rotatable bonds is 6. The van der Waals surface area contributed by atoms with Crippen LogP contribution < -0.4 is 0 Å². The van der Waals surface area contributed by atoms with E-state index in [0.717, 1.165) is 12.8 Å². The predicted octanol–water partition coefficient (Wildman–Crippen LogP) is 3.94. The molecule has 1 aliphatic carbocycles. The zero-order chi connectivity index (χ0) is 14.4. The highest BCUT2D eigenvalue weighted by Gasteiger charge is 2.17. The molecule has 0 aliphatic heterocycles. The summed E-state index contributed by atoms with van der Waals surface area (Å²) in [6.45, 7) is 0. The second-order valence-corrected chi connectivity index (χ2v) is 7.35. The highest BCUT2D eigenvalue weighted by atomic mass is 32.2. The van der Waals surface area contributed by atoms with Crippen LogP contribution in [0.25, 0.3) is 0 Å². The molecule has 1 N–H and O–H groups in total. The average molecular weight is 296 g/mol. The lowest BCUT2D eigenvalue weighted by Crippen LogP contribution is -2.08. The van der Waals surface area contributed by atoms with Gasteiger partial charge in [-0.1, -0.05) is 43.5 Å². The maximum absolute atomic E-state index is 10.7. The second kappa shape index (κ2) is 7.23. The average Bonchev–Trinajstić information content (AvgIpc) is 2.44. The number of hydrogen-bond donors (Lipinski definition) is 1. The van der Waals surface area contributed by atoms with Crippen LogP contribution in [-0.4, -0.2) is 18.7 Å². The SMILES string of the molecule is O=S(=O)(O)CCCCc1ccccc1C1CCCCC1. The minimum Gasteiger partial charge on any atom is -0.286 e. The molecule has 0 radical (unpaired) electrons. The largest absolute Gasteiger partial charge is 0.286 e. The Morgan fingerprint density at radius 1 is 1.05 bits per heavy atom. The van der Waals surface area contributed by atoms with Crippen molar-refractivity contribution in [1.29, 1.82) is 0 Å². The van der Waals surface area contributed by atoms with Crippen molar-refractivity contribution in [2.45, 2.75) is 57.3 Å². The molecule has 2 rings (SSSR count). The predicted molar refractivity (Wildman–Crippen MR) is 81.6 cm³/mol. The molecule has 0 atom stereocenters. The van der Waals surface area contributed by atoms with Crippen molar-refractivity contribution in [3.8, 4) is 0 Å². The Hall–Kier alpha value is -0.870. The van der Waals surface area contributed by atoms with E-state index in [-0.39, 0.29) is 5.75 Å². The lowest BCUT2D eigenvalue weighted by atomic mass is 9.81. The van der Waals surface area contributed by atoms with Gasteiger partial charge in [0.15, 0.2) is 0 Å². The van der Waals surface area contributed by atoms with Gasteiger partial charge in [-0.2, -0.15) is 8.42 Å². The summed E-state index contributed by atoms with van der Waals surface area (Å²) in [6, 6.07) is 8.56. The number of aryl methyl sites for hydroxylation is 1. The van der Waals surface area contributed by atoms with Crippen LogP contribution in [0.15, 0.2) is 24.3 Å². The van der Waals surface area contributed by atoms with Gasteiger partial charge in [0.05, 0.1) is 5.75 Å². The van der Waals surface area contributed by atoms with Crippen LogP contribution in [0.2, 0.25) is 0 Å². The van der Waals surface area contributed by atoms with Gasteiger partial charge >= 0.3 is 0 Å². The molecular weight excluding hydrogens is 272 g/mol. The van der Waals surface area contributed by atoms with Crippen molar-refractivity contribution in [2.75, 3.05) is 5.75 Å². The zero-order valence-electron chi connectivity index (χ0n) is 11.9. The van der Waals surface area contributed by atoms with Crippen molar-refractivity contribution >= 4 is 10.1 Å². The summed E-state index contributed by atoms with van der Waals surface area (Å²) in [7, 11) is -3.81. The van der Waals surface area contributed by atoms with Crippen LogP contribution in [0.1, 0.15) is 62.0 Å². The van der Waals surface area contributed by atoms with Gasteiger partial charge < -0.3 is 0 Å². The van der Waals surface area contributed by atoms with Crippen LogP contribution in [0.5, 0.6) is 0 Å². The van der Waals surface area contributed by atoms with E-state index in [4.69, 9.17) is 4.55 Å². The maximum atomic E-state index is 10.7. The molecule has 0 heterocycles. The zero-order valence-corrected chi connectivity index (χ0v) is 12.7. The van der Waals surface area contributed by atoms with E-state index in [0.29, 0.717) is 12.3 Å². The third-order valence-electron chi connectivity index (χ3n) is 4.20. The molecule has 20 heavy (non-hydrogen) atoms. The van der Waals surface area contributed by atoms with E-state index in [1.807, 2.05) is 0 Å². The van der Waals surface area contributed by atoms with Gasteiger partial charge in [0.1, 0.15) is 0 Å². The minimum absolute atomic E-state index is 0.126. The van der Waals surface area contributed by atoms with Crippen molar-refractivity contribution < 1.29 is 13.0 Å². The molecule has 0 saturated heterocycles. The molecule has 0 amide bonds. The van der Waals surface area contributed by atoms with E-state index < -0.39 is 10.1 Å². The Balaban J connectivity index is 1.93. The summed E-state index contributed by atoms with van der Waals surface area (Å²) in [4.78, 5) is 0. The molecule has 0 unspecified atom stereocenters. The first-order valence-electron chi connectivity index (χ1n) is 7.59. The first-order chi connectivity index (χ1) is 9.56. The quantitative estimate of drug-likeness (QED) is 0.639. The van der Waals surface area contributed by atoms with Crippen molar-refractivity contribution in [3.63, 3.8) is 0 Å². The molecule has 3 nitrogen and oxygen atoms in total. The fourth-order valence-corrected chi connectivity index (χ4v) is 3.74. The minimum atomic E-state index is -3.81. The van der Waals surface area contributed by atoms with Crippen LogP contribution in [-0.2, 0) is 16.5 Å². The second-order valence-electron chi connectivity index (χ2n) is 5.78. The Bertz CT molecular complexity index is 516. The number of hydrogen-bond acceptors (Lipinski definition) is 2. The molecule has 112 valence electrons. The molecule has 1 fully saturated rings. The monoisotopic (exact) mass is 296 g/mol. The van der Waals surface area contributed by atoms with Crippen LogP contribution in [0.3, 0.4) is 0 Å². The Morgan fingerprint density at radius 3 is 2.45 bits per heavy atom. The molecule has 0 aromatic heterocycles. The fourth-order valence-electron chi connectivity index (χ4n) is 3.17. The van der Waals surface area contributed by atoms with Gasteiger partial charge in [-0.25, -0.2) is 0 Å². The van der Waals surface area contributed by atoms with E-state index >= 15 is 0 Å². The van der Waals surface area contributed by atoms with E-state index in [2.05, 4.69) is 24.3 Å². The van der Waals surface area contributed by atoms with Crippen molar-refractivity contribution in [3.05, 3.63) is 35.4 Å². The Morgan fingerprint density at radius 2 is 1.75 bits per heavy atom. The number of unbranched alkanes of at least 4 members (excludes halogenated alkanes) is 1. The van der Waals surface area contributed by atoms with Crippen LogP contribution in [0, 0.1) is 0 Å². The highest BCUT2D eigenvalue weighted by molar-refractivity contribution is 7.85. The van der Waals surface area contributed by atoms with Gasteiger partial charge in [-0.05, 0) is 49.1 Å². The summed E-state index contributed by atoms with van der Waals surface area (Å²) in [5, 5.41) is 0. The van der Waals surface area contributed by atoms with Gasteiger partial charge in [-0.3, -0.25) is 4.55 Å². The van der Waals surface area contributed by atoms with Crippen molar-refractivity contribution in [2.24, 2.45) is 0 Å². The molecule has 0 spiro atoms. The topological polar surface area (TPSA) is 54.4 Å². The Labute approximate surface area is 122 Å². The summed E-state index contributed by atoms with van der Waals surface area (Å²) >= 11 is 0. The molecule has 0 bridgehead atoms. The highest BCUT2D eigenvalue weighted by Crippen LogP contribution is 2.34. The summed E-state index contributed by atoms with van der Waals surface area (Å²) in [5.41, 5.74) is 2.81. The number of benzene rings is 1. The van der Waals surface area contributed by atoms with Gasteiger partial charge in [0.2, 0.25) is 0 Å². The first-order valence-corrected chi connectivity index (χ1v) is 9.20. The van der Waals surface area contributed by atoms with E-state index in [1.165, 1.54) is 43.2 Å². The van der Waals surface area contributed by atoms with Gasteiger partial charge in [0.25, 0.3) is 10.1 Å². The maximum Gasteiger partial charge on any atom is 0.264 e. The summed E-state index contributed by atoms with van der Waals surface area (Å²) in [6.07, 6.45) is 8.80. The third kappa shape index (κ3) is 4.91. The lowest BCUT2D eigenvalue weighted by Gasteiger charge is -2.24. The van der Waals surface area contributed by atoms with E-state index in [9.17, 15) is 8.42 Å². The van der Waals surface area contributed by atoms with Crippen molar-refractivity contribution in [1.82, 2.24) is 0 Å². The summed E-state index contributed by atoms with van der Waals surface area (Å²) < 4.78 is 30.2. The Kier molecular flexibility index (Phi) is 5.61. The van der Waals surface area contributed by atoms with Gasteiger partial charge in [-0.15, -0.1) is 0 Å². The standard InChI is InChI=1S/C16H24O3S/c17-20(18,19)13-7-6-11-15-10-4-5-12-16(15)14-8-2-1-3-9-14/h4-5,10,12,14H,1-3,6-9,11,13H2,(H,17,18,19). The normalized spacial score (nSPS) is 17.2. The molecule has 1 aliphatic rings. The fraction of sp³-hybridized carbons (Fsp3) is 0.625. The van der Waals surface area contributed by atoms with Crippen LogP contribution in [0.4, 0.5) is 0 Å². The van der Waals surface area contributed by atoms with Crippen LogP contribution >= 0.6 is 0 Å². The first kappa shape index (κ1) is 15.5. The molecular formula is C16H24O3S. The smallest absolute Gasteiger partial charge is 0.264 e. The molecule has 4 heteroatoms. The summed E-state index contributed by atoms with van der Waals surface area (Å²) in [5.74, 6) is 0.556. The van der Waals surface area contributed by atoms with Gasteiger partial charge in [0, 0.05) is 0 Å². The third-order valence-corrected chi connectivity index (χ3v) is 5.00. The molecule has 1 saturated carbocycles. The molecule has 1 aromatic carbocycles. The molecule has 1 aromatic rings. The van der Waals surface area contributed by atoms with E-state index in [1.54, 1.807) is 0 Å².